The van der Waals surface area contributed by atoms with Gasteiger partial charge in [-0.3, -0.25) is 9.59 Å². The molecule has 0 radical (unpaired) electrons. The molecule has 6 nitrogen and oxygen atoms in total. The van der Waals surface area contributed by atoms with E-state index in [1.165, 1.54) is 0 Å². The zero-order valence-corrected chi connectivity index (χ0v) is 19.1. The smallest absolute Gasteiger partial charge is 0.295 e. The number of hydrogen-bond acceptors (Lipinski definition) is 5. The Hall–Kier alpha value is -3.64. The van der Waals surface area contributed by atoms with Gasteiger partial charge in [0.1, 0.15) is 11.5 Å². The number of amides is 1. The van der Waals surface area contributed by atoms with Crippen molar-refractivity contribution in [2.24, 2.45) is 0 Å². The van der Waals surface area contributed by atoms with Gasteiger partial charge in [0.25, 0.3) is 11.7 Å². The minimum atomic E-state index is -0.678. The Morgan fingerprint density at radius 1 is 1.00 bits per heavy atom. The highest BCUT2D eigenvalue weighted by Gasteiger charge is 2.46. The number of carbonyl (C=O) groups excluding carboxylic acids is 2. The summed E-state index contributed by atoms with van der Waals surface area (Å²) in [5.41, 5.74) is 1.40. The van der Waals surface area contributed by atoms with E-state index in [2.05, 4.69) is 0 Å². The molecular weight excluding hydrogens is 416 g/mol. The van der Waals surface area contributed by atoms with Crippen molar-refractivity contribution >= 4 is 28.2 Å². The molecule has 1 fully saturated rings. The van der Waals surface area contributed by atoms with E-state index in [1.54, 1.807) is 29.2 Å². The zero-order chi connectivity index (χ0) is 23.5. The summed E-state index contributed by atoms with van der Waals surface area (Å²) in [6.45, 7) is 3.39. The Morgan fingerprint density at radius 2 is 1.70 bits per heavy atom. The second-order valence-corrected chi connectivity index (χ2v) is 8.32. The molecule has 0 saturated carbocycles. The van der Waals surface area contributed by atoms with E-state index < -0.39 is 17.7 Å². The number of nitrogens with zero attached hydrogens (tertiary/aromatic N) is 2. The summed E-state index contributed by atoms with van der Waals surface area (Å²) in [4.78, 5) is 29.9. The van der Waals surface area contributed by atoms with E-state index in [0.29, 0.717) is 31.0 Å². The molecule has 3 aromatic rings. The summed E-state index contributed by atoms with van der Waals surface area (Å²) in [5.74, 6) is -0.770. The van der Waals surface area contributed by atoms with Gasteiger partial charge < -0.3 is 19.6 Å². The van der Waals surface area contributed by atoms with Crippen molar-refractivity contribution in [1.29, 1.82) is 0 Å². The number of fused-ring (bicyclic) bond motifs is 1. The molecule has 1 aliphatic rings. The van der Waals surface area contributed by atoms with Crippen LogP contribution < -0.4 is 4.74 Å². The van der Waals surface area contributed by atoms with Gasteiger partial charge in [0.15, 0.2) is 0 Å². The van der Waals surface area contributed by atoms with Crippen molar-refractivity contribution < 1.29 is 19.4 Å². The van der Waals surface area contributed by atoms with Crippen molar-refractivity contribution in [1.82, 2.24) is 9.80 Å². The number of likely N-dealkylation sites (N-methyl/N-ethyl adjacent to an activating group) is 1. The fourth-order valence-corrected chi connectivity index (χ4v) is 4.26. The molecule has 1 aliphatic heterocycles. The van der Waals surface area contributed by atoms with Gasteiger partial charge in [0, 0.05) is 18.7 Å². The Kier molecular flexibility index (Phi) is 6.47. The summed E-state index contributed by atoms with van der Waals surface area (Å²) in [6.07, 6.45) is 0. The van der Waals surface area contributed by atoms with Crippen LogP contribution in [0.4, 0.5) is 0 Å². The lowest BCUT2D eigenvalue weighted by molar-refractivity contribution is -0.140. The highest BCUT2D eigenvalue weighted by Crippen LogP contribution is 2.41. The SMILES string of the molecule is CCOc1ccc(/C(O)=C2/C(=O)C(=O)N(CCN(C)C)C2c2cccc3ccccc23)cc1. The van der Waals surface area contributed by atoms with Crippen LogP contribution in [-0.2, 0) is 9.59 Å². The largest absolute Gasteiger partial charge is 0.507 e. The number of rotatable bonds is 7. The summed E-state index contributed by atoms with van der Waals surface area (Å²) < 4.78 is 5.48. The monoisotopic (exact) mass is 444 g/mol. The number of ketones is 1. The second kappa shape index (κ2) is 9.46. The maximum atomic E-state index is 13.2. The van der Waals surface area contributed by atoms with Crippen LogP contribution in [0.15, 0.2) is 72.3 Å². The molecule has 170 valence electrons. The molecule has 1 heterocycles. The maximum Gasteiger partial charge on any atom is 0.295 e. The van der Waals surface area contributed by atoms with Crippen molar-refractivity contribution in [3.8, 4) is 5.75 Å². The summed E-state index contributed by atoms with van der Waals surface area (Å²) in [7, 11) is 3.84. The maximum absolute atomic E-state index is 13.2. The van der Waals surface area contributed by atoms with Crippen LogP contribution in [-0.4, -0.2) is 60.4 Å². The van der Waals surface area contributed by atoms with Crippen molar-refractivity contribution in [2.75, 3.05) is 33.8 Å². The number of carbonyl (C=O) groups is 2. The van der Waals surface area contributed by atoms with Crippen molar-refractivity contribution in [2.45, 2.75) is 13.0 Å². The number of Topliss-reactive ketones (excluding diaryl/α,β-unsaturated/α-hetero) is 1. The van der Waals surface area contributed by atoms with Crippen LogP contribution in [0.3, 0.4) is 0 Å². The van der Waals surface area contributed by atoms with Gasteiger partial charge in [-0.15, -0.1) is 0 Å². The molecule has 1 amide bonds. The highest BCUT2D eigenvalue weighted by atomic mass is 16.5. The van der Waals surface area contributed by atoms with E-state index in [0.717, 1.165) is 16.3 Å². The highest BCUT2D eigenvalue weighted by molar-refractivity contribution is 6.46. The predicted octanol–water partition coefficient (Wildman–Crippen LogP) is 4.22. The number of hydrogen-bond donors (Lipinski definition) is 1. The second-order valence-electron chi connectivity index (χ2n) is 8.32. The van der Waals surface area contributed by atoms with E-state index in [4.69, 9.17) is 4.74 Å². The molecule has 3 aromatic carbocycles. The summed E-state index contributed by atoms with van der Waals surface area (Å²) in [5, 5.41) is 13.2. The Balaban J connectivity index is 1.88. The molecule has 0 bridgehead atoms. The first kappa shape index (κ1) is 22.6. The number of benzene rings is 3. The first-order chi connectivity index (χ1) is 15.9. The molecule has 1 atom stereocenters. The molecule has 0 aliphatic carbocycles. The average molecular weight is 445 g/mol. The first-order valence-corrected chi connectivity index (χ1v) is 11.1. The van der Waals surface area contributed by atoms with Gasteiger partial charge in [-0.05, 0) is 61.6 Å². The van der Waals surface area contributed by atoms with E-state index >= 15 is 0 Å². The molecule has 33 heavy (non-hydrogen) atoms. The van der Waals surface area contributed by atoms with E-state index in [-0.39, 0.29) is 11.3 Å². The fraction of sp³-hybridized carbons (Fsp3) is 0.259. The zero-order valence-electron chi connectivity index (χ0n) is 19.1. The minimum Gasteiger partial charge on any atom is -0.507 e. The third-order valence-corrected chi connectivity index (χ3v) is 5.88. The Labute approximate surface area is 193 Å². The third kappa shape index (κ3) is 4.34. The lowest BCUT2D eigenvalue weighted by atomic mass is 9.91. The van der Waals surface area contributed by atoms with Gasteiger partial charge in [-0.25, -0.2) is 0 Å². The lowest BCUT2D eigenvalue weighted by Crippen LogP contribution is -2.35. The number of ether oxygens (including phenoxy) is 1. The quantitative estimate of drug-likeness (QED) is 0.336. The van der Waals surface area contributed by atoms with Crippen molar-refractivity contribution in [3.05, 3.63) is 83.4 Å². The molecule has 1 N–H and O–H groups in total. The minimum absolute atomic E-state index is 0.110. The average Bonchev–Trinajstić information content (AvgIpc) is 3.07. The standard InChI is InChI=1S/C27H28N2O4/c1-4-33-20-14-12-19(13-15-20)25(30)23-24(29(17-16-28(2)3)27(32)26(23)31)22-11-7-9-18-8-5-6-10-21(18)22/h5-15,24,30H,4,16-17H2,1-3H3/b25-23-. The normalized spacial score (nSPS) is 17.8. The summed E-state index contributed by atoms with van der Waals surface area (Å²) in [6, 6.07) is 19.9. The topological polar surface area (TPSA) is 70.1 Å². The van der Waals surface area contributed by atoms with Crippen molar-refractivity contribution in [3.63, 3.8) is 0 Å². The van der Waals surface area contributed by atoms with Gasteiger partial charge in [0.05, 0.1) is 18.2 Å². The van der Waals surface area contributed by atoms with Crippen LogP contribution in [0.25, 0.3) is 16.5 Å². The lowest BCUT2D eigenvalue weighted by Gasteiger charge is -2.27. The Bertz CT molecular complexity index is 1210. The van der Waals surface area contributed by atoms with Gasteiger partial charge in [-0.2, -0.15) is 0 Å². The number of likely N-dealkylation sites (tertiary alicyclic amines) is 1. The first-order valence-electron chi connectivity index (χ1n) is 11.1. The number of aliphatic hydroxyl groups is 1. The molecule has 1 saturated heterocycles. The predicted molar refractivity (Wildman–Crippen MR) is 129 cm³/mol. The molecule has 0 spiro atoms. The molecule has 6 heteroatoms. The van der Waals surface area contributed by atoms with Gasteiger partial charge >= 0.3 is 0 Å². The molecule has 1 unspecified atom stereocenters. The molecule has 0 aromatic heterocycles. The number of aliphatic hydroxyl groups excluding tert-OH is 1. The van der Waals surface area contributed by atoms with Crippen LogP contribution >= 0.6 is 0 Å². The van der Waals surface area contributed by atoms with E-state index in [9.17, 15) is 14.7 Å². The van der Waals surface area contributed by atoms with Crippen LogP contribution in [0.2, 0.25) is 0 Å². The fourth-order valence-electron chi connectivity index (χ4n) is 4.26. The third-order valence-electron chi connectivity index (χ3n) is 5.88. The van der Waals surface area contributed by atoms with Crippen LogP contribution in [0.5, 0.6) is 5.75 Å². The van der Waals surface area contributed by atoms with Crippen LogP contribution in [0.1, 0.15) is 24.1 Å². The Morgan fingerprint density at radius 3 is 2.39 bits per heavy atom. The van der Waals surface area contributed by atoms with Crippen LogP contribution in [0, 0.1) is 0 Å². The summed E-state index contributed by atoms with van der Waals surface area (Å²) >= 11 is 0. The molecular formula is C27H28N2O4. The van der Waals surface area contributed by atoms with Gasteiger partial charge in [-0.1, -0.05) is 42.5 Å². The van der Waals surface area contributed by atoms with E-state index in [1.807, 2.05) is 68.4 Å². The van der Waals surface area contributed by atoms with Gasteiger partial charge in [0.2, 0.25) is 0 Å². The molecule has 4 rings (SSSR count).